The highest BCUT2D eigenvalue weighted by Crippen LogP contribution is 2.24. The molecule has 0 aromatic heterocycles. The van der Waals surface area contributed by atoms with Gasteiger partial charge in [-0.3, -0.25) is 0 Å². The Morgan fingerprint density at radius 3 is 2.74 bits per heavy atom. The van der Waals surface area contributed by atoms with Crippen molar-refractivity contribution in [2.75, 3.05) is 32.7 Å². The molecule has 1 aromatic carbocycles. The van der Waals surface area contributed by atoms with E-state index in [0.29, 0.717) is 0 Å². The van der Waals surface area contributed by atoms with Crippen molar-refractivity contribution in [3.63, 3.8) is 0 Å². The minimum atomic E-state index is -0.418. The largest absolute Gasteiger partial charge is 0.388 e. The maximum absolute atomic E-state index is 10.2. The van der Waals surface area contributed by atoms with Crippen LogP contribution in [-0.4, -0.2) is 42.7 Å². The molecule has 3 nitrogen and oxygen atoms in total. The third kappa shape index (κ3) is 4.18. The van der Waals surface area contributed by atoms with Crippen LogP contribution in [0.25, 0.3) is 0 Å². The Morgan fingerprint density at radius 1 is 1.37 bits per heavy atom. The van der Waals surface area contributed by atoms with Crippen molar-refractivity contribution in [1.29, 1.82) is 0 Å². The molecule has 4 heteroatoms. The Labute approximate surface area is 120 Å². The van der Waals surface area contributed by atoms with Crippen LogP contribution >= 0.6 is 11.6 Å². The normalized spacial score (nSPS) is 18.5. The smallest absolute Gasteiger partial charge is 0.0802 e. The lowest BCUT2D eigenvalue weighted by Gasteiger charge is -2.28. The summed E-state index contributed by atoms with van der Waals surface area (Å²) in [5.74, 6) is 0. The molecule has 1 unspecified atom stereocenters. The van der Waals surface area contributed by atoms with Crippen LogP contribution in [0.15, 0.2) is 18.2 Å². The van der Waals surface area contributed by atoms with Crippen LogP contribution in [0.4, 0.5) is 0 Å². The van der Waals surface area contributed by atoms with Crippen molar-refractivity contribution in [3.8, 4) is 0 Å². The number of rotatable bonds is 5. The number of hydrogen-bond acceptors (Lipinski definition) is 3. The van der Waals surface area contributed by atoms with Gasteiger partial charge in [0, 0.05) is 37.7 Å². The summed E-state index contributed by atoms with van der Waals surface area (Å²) in [5, 5.41) is 14.3. The van der Waals surface area contributed by atoms with E-state index in [1.807, 2.05) is 18.2 Å². The molecule has 0 bridgehead atoms. The molecule has 1 atom stereocenters. The fourth-order valence-electron chi connectivity index (χ4n) is 2.46. The highest BCUT2D eigenvalue weighted by Gasteiger charge is 2.14. The van der Waals surface area contributed by atoms with Gasteiger partial charge in [-0.25, -0.2) is 0 Å². The Kier molecular flexibility index (Phi) is 5.64. The minimum Gasteiger partial charge on any atom is -0.388 e. The molecule has 2 N–H and O–H groups in total. The number of nitrogens with zero attached hydrogens (tertiary/aromatic N) is 1. The van der Waals surface area contributed by atoms with Crippen LogP contribution in [-0.2, 0) is 6.42 Å². The van der Waals surface area contributed by atoms with E-state index in [1.165, 1.54) is 0 Å². The van der Waals surface area contributed by atoms with Gasteiger partial charge in [-0.05, 0) is 30.0 Å². The van der Waals surface area contributed by atoms with Crippen LogP contribution in [0.5, 0.6) is 0 Å². The van der Waals surface area contributed by atoms with Crippen molar-refractivity contribution in [1.82, 2.24) is 10.2 Å². The van der Waals surface area contributed by atoms with Gasteiger partial charge in [0.2, 0.25) is 0 Å². The Bertz CT molecular complexity index is 405. The maximum Gasteiger partial charge on any atom is 0.0802 e. The number of nitrogens with one attached hydrogen (secondary N) is 1. The molecule has 1 saturated heterocycles. The van der Waals surface area contributed by atoms with Gasteiger partial charge in [0.25, 0.3) is 0 Å². The number of benzene rings is 1. The van der Waals surface area contributed by atoms with Crippen molar-refractivity contribution in [2.24, 2.45) is 0 Å². The molecule has 1 aromatic rings. The van der Waals surface area contributed by atoms with Crippen LogP contribution in [0.2, 0.25) is 5.02 Å². The summed E-state index contributed by atoms with van der Waals surface area (Å²) < 4.78 is 0. The number of aliphatic hydroxyl groups excluding tert-OH is 1. The first kappa shape index (κ1) is 14.8. The number of aliphatic hydroxyl groups is 1. The second-order valence-corrected chi connectivity index (χ2v) is 5.51. The predicted molar refractivity (Wildman–Crippen MR) is 79.7 cm³/mol. The quantitative estimate of drug-likeness (QED) is 0.869. The molecule has 1 fully saturated rings. The van der Waals surface area contributed by atoms with E-state index in [0.717, 1.165) is 61.7 Å². The van der Waals surface area contributed by atoms with Gasteiger partial charge in [-0.2, -0.15) is 0 Å². The second-order valence-electron chi connectivity index (χ2n) is 5.10. The first-order chi connectivity index (χ1) is 9.20. The molecule has 0 amide bonds. The van der Waals surface area contributed by atoms with Gasteiger partial charge in [-0.15, -0.1) is 0 Å². The van der Waals surface area contributed by atoms with Crippen molar-refractivity contribution < 1.29 is 5.11 Å². The van der Waals surface area contributed by atoms with Gasteiger partial charge in [0.1, 0.15) is 0 Å². The van der Waals surface area contributed by atoms with E-state index < -0.39 is 6.10 Å². The lowest BCUT2D eigenvalue weighted by atomic mass is 10.0. The standard InChI is InChI=1S/C15H23ClN2O/c1-2-12-3-4-13(11-14(12)16)15(19)5-8-18-9-6-17-7-10-18/h3-4,11,15,17,19H,2,5-10H2,1H3. The van der Waals surface area contributed by atoms with Gasteiger partial charge in [-0.1, -0.05) is 30.7 Å². The van der Waals surface area contributed by atoms with Gasteiger partial charge >= 0.3 is 0 Å². The molecule has 19 heavy (non-hydrogen) atoms. The average molecular weight is 283 g/mol. The number of hydrogen-bond donors (Lipinski definition) is 2. The summed E-state index contributed by atoms with van der Waals surface area (Å²) in [7, 11) is 0. The number of piperazine rings is 1. The molecule has 0 radical (unpaired) electrons. The highest BCUT2D eigenvalue weighted by atomic mass is 35.5. The molecule has 106 valence electrons. The van der Waals surface area contributed by atoms with Crippen molar-refractivity contribution in [3.05, 3.63) is 34.3 Å². The zero-order valence-corrected chi connectivity index (χ0v) is 12.3. The predicted octanol–water partition coefficient (Wildman–Crippen LogP) is 2.23. The highest BCUT2D eigenvalue weighted by molar-refractivity contribution is 6.31. The third-order valence-electron chi connectivity index (χ3n) is 3.77. The molecular formula is C15H23ClN2O. The number of aryl methyl sites for hydroxylation is 1. The van der Waals surface area contributed by atoms with E-state index in [2.05, 4.69) is 17.1 Å². The third-order valence-corrected chi connectivity index (χ3v) is 4.12. The van der Waals surface area contributed by atoms with Crippen molar-refractivity contribution in [2.45, 2.75) is 25.9 Å². The summed E-state index contributed by atoms with van der Waals surface area (Å²) in [5.41, 5.74) is 2.07. The molecular weight excluding hydrogens is 260 g/mol. The van der Waals surface area contributed by atoms with Gasteiger partial charge in [0.05, 0.1) is 6.10 Å². The zero-order valence-electron chi connectivity index (χ0n) is 11.5. The maximum atomic E-state index is 10.2. The molecule has 1 aliphatic rings. The summed E-state index contributed by atoms with van der Waals surface area (Å²) >= 11 is 6.19. The van der Waals surface area contributed by atoms with E-state index in [9.17, 15) is 5.11 Å². The SMILES string of the molecule is CCc1ccc(C(O)CCN2CCNCC2)cc1Cl. The first-order valence-corrected chi connectivity index (χ1v) is 7.48. The molecule has 0 saturated carbocycles. The molecule has 1 aliphatic heterocycles. The van der Waals surface area contributed by atoms with E-state index in [-0.39, 0.29) is 0 Å². The minimum absolute atomic E-state index is 0.418. The summed E-state index contributed by atoms with van der Waals surface area (Å²) in [6.45, 7) is 7.27. The lowest BCUT2D eigenvalue weighted by molar-refractivity contribution is 0.136. The summed E-state index contributed by atoms with van der Waals surface area (Å²) in [6.07, 6.45) is 1.27. The number of halogens is 1. The fraction of sp³-hybridized carbons (Fsp3) is 0.600. The Hall–Kier alpha value is -0.610. The van der Waals surface area contributed by atoms with Crippen molar-refractivity contribution >= 4 is 11.6 Å². The Balaban J connectivity index is 1.88. The monoisotopic (exact) mass is 282 g/mol. The molecule has 1 heterocycles. The summed E-state index contributed by atoms with van der Waals surface area (Å²) in [4.78, 5) is 2.39. The van der Waals surface area contributed by atoms with E-state index in [4.69, 9.17) is 11.6 Å². The molecule has 2 rings (SSSR count). The van der Waals surface area contributed by atoms with Gasteiger partial charge in [0.15, 0.2) is 0 Å². The van der Waals surface area contributed by atoms with E-state index >= 15 is 0 Å². The fourth-order valence-corrected chi connectivity index (χ4v) is 2.79. The Morgan fingerprint density at radius 2 is 2.11 bits per heavy atom. The molecule has 0 aliphatic carbocycles. The topological polar surface area (TPSA) is 35.5 Å². The van der Waals surface area contributed by atoms with E-state index in [1.54, 1.807) is 0 Å². The first-order valence-electron chi connectivity index (χ1n) is 7.10. The average Bonchev–Trinajstić information content (AvgIpc) is 2.45. The zero-order chi connectivity index (χ0) is 13.7. The summed E-state index contributed by atoms with van der Waals surface area (Å²) in [6, 6.07) is 5.92. The second kappa shape index (κ2) is 7.25. The van der Waals surface area contributed by atoms with Gasteiger partial charge < -0.3 is 15.3 Å². The molecule has 0 spiro atoms. The lowest BCUT2D eigenvalue weighted by Crippen LogP contribution is -2.44. The van der Waals surface area contributed by atoms with Crippen LogP contribution < -0.4 is 5.32 Å². The van der Waals surface area contributed by atoms with Crippen LogP contribution in [0.1, 0.15) is 30.6 Å². The van der Waals surface area contributed by atoms with Crippen LogP contribution in [0.3, 0.4) is 0 Å². The van der Waals surface area contributed by atoms with Crippen LogP contribution in [0, 0.1) is 0 Å².